The lowest BCUT2D eigenvalue weighted by Crippen LogP contribution is -2.07. The molecule has 0 aliphatic heterocycles. The number of thiazole rings is 1. The van der Waals surface area contributed by atoms with Crippen molar-refractivity contribution >= 4 is 49.8 Å². The molecule has 4 aromatic rings. The quantitative estimate of drug-likeness (QED) is 0.577. The van der Waals surface area contributed by atoms with Crippen LogP contribution in [-0.2, 0) is 4.79 Å². The SMILES string of the molecule is O=C(/C=C/c1nc2ccccc2o1)Nc1nc2ccccc2s1. The Hall–Kier alpha value is -2.99. The van der Waals surface area contributed by atoms with Gasteiger partial charge in [-0.25, -0.2) is 9.97 Å². The number of benzene rings is 2. The van der Waals surface area contributed by atoms with Crippen LogP contribution in [0.4, 0.5) is 5.13 Å². The van der Waals surface area contributed by atoms with Crippen molar-refractivity contribution in [3.8, 4) is 0 Å². The largest absolute Gasteiger partial charge is 0.437 e. The lowest BCUT2D eigenvalue weighted by atomic mass is 10.3. The van der Waals surface area contributed by atoms with Gasteiger partial charge in [-0.1, -0.05) is 35.6 Å². The van der Waals surface area contributed by atoms with Gasteiger partial charge in [-0.3, -0.25) is 10.1 Å². The number of para-hydroxylation sites is 3. The Labute approximate surface area is 135 Å². The number of rotatable bonds is 3. The predicted molar refractivity (Wildman–Crippen MR) is 91.3 cm³/mol. The number of carbonyl (C=O) groups excluding carboxylic acids is 1. The van der Waals surface area contributed by atoms with E-state index in [9.17, 15) is 4.79 Å². The molecule has 112 valence electrons. The monoisotopic (exact) mass is 321 g/mol. The first-order chi connectivity index (χ1) is 11.3. The molecular formula is C17H11N3O2S. The topological polar surface area (TPSA) is 68.0 Å². The van der Waals surface area contributed by atoms with Gasteiger partial charge in [0.25, 0.3) is 0 Å². The first-order valence-electron chi connectivity index (χ1n) is 6.98. The Bertz CT molecular complexity index is 966. The van der Waals surface area contributed by atoms with Gasteiger partial charge in [-0.15, -0.1) is 0 Å². The molecule has 6 heteroatoms. The van der Waals surface area contributed by atoms with Gasteiger partial charge in [0.05, 0.1) is 10.2 Å². The molecule has 2 aromatic heterocycles. The molecule has 2 heterocycles. The molecule has 0 fully saturated rings. The van der Waals surface area contributed by atoms with E-state index < -0.39 is 0 Å². The zero-order valence-corrected chi connectivity index (χ0v) is 12.7. The van der Waals surface area contributed by atoms with Crippen molar-refractivity contribution in [2.75, 3.05) is 5.32 Å². The van der Waals surface area contributed by atoms with E-state index in [1.807, 2.05) is 48.5 Å². The molecule has 0 bridgehead atoms. The third-order valence-corrected chi connectivity index (χ3v) is 4.16. The molecule has 4 rings (SSSR count). The highest BCUT2D eigenvalue weighted by Gasteiger charge is 2.06. The second-order valence-electron chi connectivity index (χ2n) is 4.83. The van der Waals surface area contributed by atoms with Gasteiger partial charge in [0.2, 0.25) is 11.8 Å². The maximum atomic E-state index is 12.0. The smallest absolute Gasteiger partial charge is 0.250 e. The average molecular weight is 321 g/mol. The fourth-order valence-corrected chi connectivity index (χ4v) is 3.05. The molecule has 0 aliphatic carbocycles. The maximum Gasteiger partial charge on any atom is 0.250 e. The van der Waals surface area contributed by atoms with Crippen LogP contribution in [0.25, 0.3) is 27.4 Å². The van der Waals surface area contributed by atoms with E-state index in [2.05, 4.69) is 15.3 Å². The Kier molecular flexibility index (Phi) is 3.36. The van der Waals surface area contributed by atoms with Crippen LogP contribution in [0, 0.1) is 0 Å². The summed E-state index contributed by atoms with van der Waals surface area (Å²) in [7, 11) is 0. The second kappa shape index (κ2) is 5.66. The summed E-state index contributed by atoms with van der Waals surface area (Å²) in [4.78, 5) is 20.6. The Balaban J connectivity index is 1.50. The van der Waals surface area contributed by atoms with Gasteiger partial charge in [0.15, 0.2) is 10.7 Å². The Morgan fingerprint density at radius 1 is 1.04 bits per heavy atom. The summed E-state index contributed by atoms with van der Waals surface area (Å²) in [6.45, 7) is 0. The van der Waals surface area contributed by atoms with Gasteiger partial charge in [-0.05, 0) is 24.3 Å². The van der Waals surface area contributed by atoms with Gasteiger partial charge in [0, 0.05) is 12.2 Å². The molecule has 1 N–H and O–H groups in total. The summed E-state index contributed by atoms with van der Waals surface area (Å²) in [6.07, 6.45) is 2.93. The second-order valence-corrected chi connectivity index (χ2v) is 5.86. The molecule has 0 saturated carbocycles. The average Bonchev–Trinajstić information content (AvgIpc) is 3.15. The van der Waals surface area contributed by atoms with E-state index in [4.69, 9.17) is 4.42 Å². The van der Waals surface area contributed by atoms with Crippen molar-refractivity contribution in [3.63, 3.8) is 0 Å². The van der Waals surface area contributed by atoms with E-state index in [0.717, 1.165) is 15.7 Å². The van der Waals surface area contributed by atoms with Gasteiger partial charge < -0.3 is 4.42 Å². The molecule has 0 radical (unpaired) electrons. The number of oxazole rings is 1. The third kappa shape index (κ3) is 2.84. The van der Waals surface area contributed by atoms with Crippen molar-refractivity contribution in [1.29, 1.82) is 0 Å². The van der Waals surface area contributed by atoms with Crippen LogP contribution in [-0.4, -0.2) is 15.9 Å². The van der Waals surface area contributed by atoms with Crippen molar-refractivity contribution < 1.29 is 9.21 Å². The number of amides is 1. The lowest BCUT2D eigenvalue weighted by Gasteiger charge is -1.93. The summed E-state index contributed by atoms with van der Waals surface area (Å²) in [5, 5.41) is 3.32. The number of hydrogen-bond donors (Lipinski definition) is 1. The van der Waals surface area contributed by atoms with Crippen LogP contribution in [0.1, 0.15) is 5.89 Å². The third-order valence-electron chi connectivity index (χ3n) is 3.21. The predicted octanol–water partition coefficient (Wildman–Crippen LogP) is 4.09. The molecule has 0 atom stereocenters. The number of hydrogen-bond acceptors (Lipinski definition) is 5. The molecule has 0 unspecified atom stereocenters. The summed E-state index contributed by atoms with van der Waals surface area (Å²) in [5.74, 6) is 0.122. The van der Waals surface area contributed by atoms with Crippen LogP contribution in [0.5, 0.6) is 0 Å². The van der Waals surface area contributed by atoms with E-state index in [1.165, 1.54) is 17.4 Å². The number of nitrogens with one attached hydrogen (secondary N) is 1. The van der Waals surface area contributed by atoms with Crippen LogP contribution >= 0.6 is 11.3 Å². The molecule has 0 spiro atoms. The number of aromatic nitrogens is 2. The fourth-order valence-electron chi connectivity index (χ4n) is 2.18. The fraction of sp³-hybridized carbons (Fsp3) is 0. The highest BCUT2D eigenvalue weighted by Crippen LogP contribution is 2.25. The minimum absolute atomic E-state index is 0.272. The van der Waals surface area contributed by atoms with Crippen molar-refractivity contribution in [1.82, 2.24) is 9.97 Å². The van der Waals surface area contributed by atoms with Gasteiger partial charge in [-0.2, -0.15) is 0 Å². The van der Waals surface area contributed by atoms with Crippen LogP contribution < -0.4 is 5.32 Å². The zero-order valence-electron chi connectivity index (χ0n) is 11.9. The standard InChI is InChI=1S/C17H11N3O2S/c21-15(20-17-19-12-6-2-4-8-14(12)23-17)9-10-16-18-11-5-1-3-7-13(11)22-16/h1-10H,(H,19,20,21)/b10-9+. The van der Waals surface area contributed by atoms with Crippen molar-refractivity contribution in [3.05, 3.63) is 60.5 Å². The van der Waals surface area contributed by atoms with Gasteiger partial charge in [0.1, 0.15) is 5.52 Å². The number of carbonyl (C=O) groups is 1. The summed E-state index contributed by atoms with van der Waals surface area (Å²) >= 11 is 1.44. The lowest BCUT2D eigenvalue weighted by molar-refractivity contribution is -0.111. The minimum Gasteiger partial charge on any atom is -0.437 e. The highest BCUT2D eigenvalue weighted by molar-refractivity contribution is 7.22. The molecule has 23 heavy (non-hydrogen) atoms. The summed E-state index contributed by atoms with van der Waals surface area (Å²) < 4.78 is 6.56. The summed E-state index contributed by atoms with van der Waals surface area (Å²) in [5.41, 5.74) is 2.33. The van der Waals surface area contributed by atoms with Crippen LogP contribution in [0.15, 0.2) is 59.0 Å². The molecule has 1 amide bonds. The minimum atomic E-state index is -0.272. The highest BCUT2D eigenvalue weighted by atomic mass is 32.1. The first kappa shape index (κ1) is 13.7. The van der Waals surface area contributed by atoms with E-state index in [0.29, 0.717) is 16.6 Å². The molecule has 0 saturated heterocycles. The number of anilines is 1. The van der Waals surface area contributed by atoms with Crippen LogP contribution in [0.2, 0.25) is 0 Å². The molecule has 2 aromatic carbocycles. The van der Waals surface area contributed by atoms with E-state index >= 15 is 0 Å². The van der Waals surface area contributed by atoms with Crippen LogP contribution in [0.3, 0.4) is 0 Å². The Morgan fingerprint density at radius 2 is 1.83 bits per heavy atom. The summed E-state index contributed by atoms with van der Waals surface area (Å²) in [6, 6.07) is 15.2. The van der Waals surface area contributed by atoms with Gasteiger partial charge >= 0.3 is 0 Å². The number of fused-ring (bicyclic) bond motifs is 2. The van der Waals surface area contributed by atoms with E-state index in [1.54, 1.807) is 6.08 Å². The van der Waals surface area contributed by atoms with E-state index in [-0.39, 0.29) is 5.91 Å². The maximum absolute atomic E-state index is 12.0. The zero-order chi connectivity index (χ0) is 15.6. The number of nitrogens with zero attached hydrogens (tertiary/aromatic N) is 2. The van der Waals surface area contributed by atoms with Crippen molar-refractivity contribution in [2.24, 2.45) is 0 Å². The first-order valence-corrected chi connectivity index (χ1v) is 7.80. The molecule has 5 nitrogen and oxygen atoms in total. The normalized spacial score (nSPS) is 11.5. The molecular weight excluding hydrogens is 310 g/mol. The Morgan fingerprint density at radius 3 is 2.65 bits per heavy atom. The van der Waals surface area contributed by atoms with Crippen molar-refractivity contribution in [2.45, 2.75) is 0 Å². The molecule has 0 aliphatic rings.